The second-order valence-electron chi connectivity index (χ2n) is 4.22. The number of para-hydroxylation sites is 1. The number of benzene rings is 1. The van der Waals surface area contributed by atoms with E-state index >= 15 is 0 Å². The fourth-order valence-electron chi connectivity index (χ4n) is 1.80. The summed E-state index contributed by atoms with van der Waals surface area (Å²) in [5.74, 6) is 0.704. The molecule has 0 bridgehead atoms. The topological polar surface area (TPSA) is 56.1 Å². The van der Waals surface area contributed by atoms with Crippen LogP contribution >= 0.6 is 0 Å². The summed E-state index contributed by atoms with van der Waals surface area (Å²) in [6.45, 7) is 2.59. The highest BCUT2D eigenvalue weighted by atomic mass is 16.5. The summed E-state index contributed by atoms with van der Waals surface area (Å²) >= 11 is 0. The summed E-state index contributed by atoms with van der Waals surface area (Å²) in [5, 5.41) is 6.94. The molecular weight excluding hydrogens is 242 g/mol. The molecule has 0 aliphatic heterocycles. The number of hydrogen-bond donors (Lipinski definition) is 1. The van der Waals surface area contributed by atoms with E-state index in [-0.39, 0.29) is 12.5 Å². The van der Waals surface area contributed by atoms with E-state index in [0.717, 1.165) is 17.0 Å². The van der Waals surface area contributed by atoms with Gasteiger partial charge >= 0.3 is 0 Å². The molecule has 2 rings (SSSR count). The standard InChI is InChI=1S/C14H17N3O2/c1-11-7-8-16-17(11)10-14(18)15-9-12-5-3-4-6-13(12)19-2/h3-8H,9-10H2,1-2H3,(H,15,18). The van der Waals surface area contributed by atoms with Crippen LogP contribution in [-0.4, -0.2) is 22.8 Å². The van der Waals surface area contributed by atoms with Gasteiger partial charge in [-0.3, -0.25) is 9.48 Å². The Hall–Kier alpha value is -2.30. The molecule has 1 aromatic heterocycles. The zero-order valence-corrected chi connectivity index (χ0v) is 11.1. The molecule has 0 saturated carbocycles. The number of carbonyl (C=O) groups is 1. The molecule has 1 heterocycles. The number of carbonyl (C=O) groups excluding carboxylic acids is 1. The Morgan fingerprint density at radius 2 is 2.16 bits per heavy atom. The lowest BCUT2D eigenvalue weighted by atomic mass is 10.2. The number of aryl methyl sites for hydroxylation is 1. The summed E-state index contributed by atoms with van der Waals surface area (Å²) in [7, 11) is 1.62. The first-order valence-corrected chi connectivity index (χ1v) is 6.07. The minimum absolute atomic E-state index is 0.0716. The number of rotatable bonds is 5. The Balaban J connectivity index is 1.92. The lowest BCUT2D eigenvalue weighted by molar-refractivity contribution is -0.122. The van der Waals surface area contributed by atoms with Crippen LogP contribution < -0.4 is 10.1 Å². The van der Waals surface area contributed by atoms with Crippen molar-refractivity contribution in [3.05, 3.63) is 47.8 Å². The normalized spacial score (nSPS) is 10.2. The molecule has 0 radical (unpaired) electrons. The molecular formula is C14H17N3O2. The zero-order valence-electron chi connectivity index (χ0n) is 11.1. The van der Waals surface area contributed by atoms with Gasteiger partial charge < -0.3 is 10.1 Å². The van der Waals surface area contributed by atoms with Crippen LogP contribution in [0.2, 0.25) is 0 Å². The maximum atomic E-state index is 11.8. The van der Waals surface area contributed by atoms with Gasteiger partial charge in [-0.05, 0) is 19.1 Å². The fourth-order valence-corrected chi connectivity index (χ4v) is 1.80. The average Bonchev–Trinajstić information content (AvgIpc) is 2.82. The van der Waals surface area contributed by atoms with E-state index in [1.807, 2.05) is 37.3 Å². The van der Waals surface area contributed by atoms with E-state index < -0.39 is 0 Å². The lowest BCUT2D eigenvalue weighted by Gasteiger charge is -2.10. The molecule has 19 heavy (non-hydrogen) atoms. The van der Waals surface area contributed by atoms with Crippen LogP contribution in [0.15, 0.2) is 36.5 Å². The van der Waals surface area contributed by atoms with E-state index in [1.54, 1.807) is 18.0 Å². The summed E-state index contributed by atoms with van der Waals surface area (Å²) in [6, 6.07) is 9.49. The molecule has 1 amide bonds. The predicted molar refractivity (Wildman–Crippen MR) is 71.8 cm³/mol. The monoisotopic (exact) mass is 259 g/mol. The highest BCUT2D eigenvalue weighted by molar-refractivity contribution is 5.75. The summed E-state index contributed by atoms with van der Waals surface area (Å²) in [6.07, 6.45) is 1.68. The number of aromatic nitrogens is 2. The third kappa shape index (κ3) is 3.34. The van der Waals surface area contributed by atoms with Gasteiger partial charge in [0.05, 0.1) is 7.11 Å². The van der Waals surface area contributed by atoms with Gasteiger partial charge in [0.15, 0.2) is 0 Å². The maximum absolute atomic E-state index is 11.8. The average molecular weight is 259 g/mol. The zero-order chi connectivity index (χ0) is 13.7. The minimum atomic E-state index is -0.0716. The number of nitrogens with zero attached hydrogens (tertiary/aromatic N) is 2. The SMILES string of the molecule is COc1ccccc1CNC(=O)Cn1nccc1C. The Labute approximate surface area is 112 Å². The van der Waals surface area contributed by atoms with Crippen molar-refractivity contribution in [1.29, 1.82) is 0 Å². The first-order chi connectivity index (χ1) is 9.20. The van der Waals surface area contributed by atoms with E-state index in [2.05, 4.69) is 10.4 Å². The molecule has 0 aliphatic rings. The second kappa shape index (κ2) is 6.04. The molecule has 0 fully saturated rings. The van der Waals surface area contributed by atoms with Crippen LogP contribution in [0.4, 0.5) is 0 Å². The van der Waals surface area contributed by atoms with Gasteiger partial charge in [0, 0.05) is 24.0 Å². The van der Waals surface area contributed by atoms with Gasteiger partial charge in [0.1, 0.15) is 12.3 Å². The van der Waals surface area contributed by atoms with Crippen LogP contribution in [0.1, 0.15) is 11.3 Å². The molecule has 100 valence electrons. The molecule has 0 spiro atoms. The van der Waals surface area contributed by atoms with E-state index in [1.165, 1.54) is 0 Å². The van der Waals surface area contributed by atoms with Gasteiger partial charge in [0.25, 0.3) is 0 Å². The third-order valence-electron chi connectivity index (χ3n) is 2.89. The number of ether oxygens (including phenoxy) is 1. The Bertz CT molecular complexity index is 563. The van der Waals surface area contributed by atoms with Crippen molar-refractivity contribution in [2.45, 2.75) is 20.0 Å². The van der Waals surface area contributed by atoms with Crippen molar-refractivity contribution >= 4 is 5.91 Å². The van der Waals surface area contributed by atoms with Crippen molar-refractivity contribution < 1.29 is 9.53 Å². The largest absolute Gasteiger partial charge is 0.496 e. The molecule has 0 atom stereocenters. The molecule has 1 aromatic carbocycles. The van der Waals surface area contributed by atoms with Crippen LogP contribution in [0.3, 0.4) is 0 Å². The summed E-state index contributed by atoms with van der Waals surface area (Å²) in [4.78, 5) is 11.8. The van der Waals surface area contributed by atoms with E-state index in [9.17, 15) is 4.79 Å². The number of methoxy groups -OCH3 is 1. The van der Waals surface area contributed by atoms with E-state index in [0.29, 0.717) is 6.54 Å². The molecule has 0 unspecified atom stereocenters. The van der Waals surface area contributed by atoms with Gasteiger partial charge in [-0.1, -0.05) is 18.2 Å². The minimum Gasteiger partial charge on any atom is -0.496 e. The number of nitrogens with one attached hydrogen (secondary N) is 1. The van der Waals surface area contributed by atoms with Crippen molar-refractivity contribution in [2.24, 2.45) is 0 Å². The highest BCUT2D eigenvalue weighted by Gasteiger charge is 2.07. The van der Waals surface area contributed by atoms with Crippen LogP contribution in [0, 0.1) is 6.92 Å². The van der Waals surface area contributed by atoms with Crippen LogP contribution in [-0.2, 0) is 17.9 Å². The van der Waals surface area contributed by atoms with Crippen LogP contribution in [0.25, 0.3) is 0 Å². The van der Waals surface area contributed by atoms with Crippen molar-refractivity contribution in [1.82, 2.24) is 15.1 Å². The molecule has 2 aromatic rings. The summed E-state index contributed by atoms with van der Waals surface area (Å²) in [5.41, 5.74) is 1.92. The highest BCUT2D eigenvalue weighted by Crippen LogP contribution is 2.16. The molecule has 5 heteroatoms. The van der Waals surface area contributed by atoms with Gasteiger partial charge in [-0.25, -0.2) is 0 Å². The number of amides is 1. The predicted octanol–water partition coefficient (Wildman–Crippen LogP) is 1.52. The first-order valence-electron chi connectivity index (χ1n) is 6.07. The molecule has 0 aliphatic carbocycles. The Kier molecular flexibility index (Phi) is 4.18. The maximum Gasteiger partial charge on any atom is 0.242 e. The number of hydrogen-bond acceptors (Lipinski definition) is 3. The van der Waals surface area contributed by atoms with Gasteiger partial charge in [0.2, 0.25) is 5.91 Å². The molecule has 1 N–H and O–H groups in total. The van der Waals surface area contributed by atoms with E-state index in [4.69, 9.17) is 4.74 Å². The third-order valence-corrected chi connectivity index (χ3v) is 2.89. The van der Waals surface area contributed by atoms with Crippen molar-refractivity contribution in [3.8, 4) is 5.75 Å². The lowest BCUT2D eigenvalue weighted by Crippen LogP contribution is -2.28. The van der Waals surface area contributed by atoms with Gasteiger partial charge in [-0.2, -0.15) is 5.10 Å². The van der Waals surface area contributed by atoms with Crippen molar-refractivity contribution in [3.63, 3.8) is 0 Å². The Morgan fingerprint density at radius 3 is 2.84 bits per heavy atom. The second-order valence-corrected chi connectivity index (χ2v) is 4.22. The van der Waals surface area contributed by atoms with Crippen molar-refractivity contribution in [2.75, 3.05) is 7.11 Å². The quantitative estimate of drug-likeness (QED) is 0.885. The molecule has 0 saturated heterocycles. The Morgan fingerprint density at radius 1 is 1.37 bits per heavy atom. The van der Waals surface area contributed by atoms with Crippen LogP contribution in [0.5, 0.6) is 5.75 Å². The molecule has 5 nitrogen and oxygen atoms in total. The fraction of sp³-hybridized carbons (Fsp3) is 0.286. The summed E-state index contributed by atoms with van der Waals surface area (Å²) < 4.78 is 6.90. The smallest absolute Gasteiger partial charge is 0.242 e. The van der Waals surface area contributed by atoms with Gasteiger partial charge in [-0.15, -0.1) is 0 Å². The first kappa shape index (κ1) is 13.1.